The van der Waals surface area contributed by atoms with Crippen molar-refractivity contribution in [1.29, 1.82) is 0 Å². The number of aryl methyl sites for hydroxylation is 1. The van der Waals surface area contributed by atoms with Gasteiger partial charge in [-0.05, 0) is 24.1 Å². The molecule has 3 rings (SSSR count). The van der Waals surface area contributed by atoms with Crippen LogP contribution in [0.3, 0.4) is 0 Å². The lowest BCUT2D eigenvalue weighted by Crippen LogP contribution is -1.99. The summed E-state index contributed by atoms with van der Waals surface area (Å²) in [6, 6.07) is 14.3. The van der Waals surface area contributed by atoms with Crippen LogP contribution in [-0.4, -0.2) is 14.8 Å². The van der Waals surface area contributed by atoms with E-state index in [1.54, 1.807) is 0 Å². The predicted octanol–water partition coefficient (Wildman–Crippen LogP) is 3.30. The number of hydrogen-bond donors (Lipinski definition) is 0. The number of rotatable bonds is 3. The van der Waals surface area contributed by atoms with Gasteiger partial charge in [0.15, 0.2) is 0 Å². The van der Waals surface area contributed by atoms with E-state index in [1.165, 1.54) is 11.1 Å². The van der Waals surface area contributed by atoms with Crippen LogP contribution in [0.2, 0.25) is 0 Å². The van der Waals surface area contributed by atoms with Gasteiger partial charge in [-0.15, -0.1) is 0 Å². The quantitative estimate of drug-likeness (QED) is 0.713. The van der Waals surface area contributed by atoms with Crippen molar-refractivity contribution in [3.8, 4) is 11.3 Å². The SMILES string of the molecule is Cc1cccnc1-c1cnn(Cc2ccccc2)c1. The molecule has 0 amide bonds. The van der Waals surface area contributed by atoms with Crippen LogP contribution in [0, 0.1) is 6.92 Å². The molecule has 0 fully saturated rings. The second-order valence-electron chi connectivity index (χ2n) is 4.58. The van der Waals surface area contributed by atoms with Gasteiger partial charge in [0.2, 0.25) is 0 Å². The first-order valence-corrected chi connectivity index (χ1v) is 6.31. The predicted molar refractivity (Wildman–Crippen MR) is 75.7 cm³/mol. The maximum atomic E-state index is 4.42. The molecule has 3 nitrogen and oxygen atoms in total. The van der Waals surface area contributed by atoms with E-state index in [4.69, 9.17) is 0 Å². The summed E-state index contributed by atoms with van der Waals surface area (Å²) in [5, 5.41) is 4.41. The molecule has 0 unspecified atom stereocenters. The van der Waals surface area contributed by atoms with Crippen molar-refractivity contribution in [3.63, 3.8) is 0 Å². The summed E-state index contributed by atoms with van der Waals surface area (Å²) in [6.07, 6.45) is 5.73. The van der Waals surface area contributed by atoms with Crippen LogP contribution >= 0.6 is 0 Å². The molecular weight excluding hydrogens is 234 g/mol. The van der Waals surface area contributed by atoms with Crippen molar-refractivity contribution in [1.82, 2.24) is 14.8 Å². The Bertz CT molecular complexity index is 671. The van der Waals surface area contributed by atoms with Crippen molar-refractivity contribution < 1.29 is 0 Å². The maximum Gasteiger partial charge on any atom is 0.0762 e. The van der Waals surface area contributed by atoms with Gasteiger partial charge in [0, 0.05) is 18.0 Å². The summed E-state index contributed by atoms with van der Waals surface area (Å²) < 4.78 is 1.94. The van der Waals surface area contributed by atoms with Crippen molar-refractivity contribution in [2.75, 3.05) is 0 Å². The van der Waals surface area contributed by atoms with Crippen LogP contribution in [0.5, 0.6) is 0 Å². The topological polar surface area (TPSA) is 30.7 Å². The number of nitrogens with zero attached hydrogens (tertiary/aromatic N) is 3. The summed E-state index contributed by atoms with van der Waals surface area (Å²) in [6.45, 7) is 2.85. The minimum Gasteiger partial charge on any atom is -0.268 e. The molecule has 0 N–H and O–H groups in total. The third-order valence-electron chi connectivity index (χ3n) is 3.10. The van der Waals surface area contributed by atoms with Crippen LogP contribution in [0.25, 0.3) is 11.3 Å². The first-order chi connectivity index (χ1) is 9.33. The fourth-order valence-corrected chi connectivity index (χ4v) is 2.13. The monoisotopic (exact) mass is 249 g/mol. The van der Waals surface area contributed by atoms with Gasteiger partial charge in [-0.2, -0.15) is 5.10 Å². The van der Waals surface area contributed by atoms with Gasteiger partial charge in [0.25, 0.3) is 0 Å². The Hall–Kier alpha value is -2.42. The normalized spacial score (nSPS) is 10.6. The molecule has 0 saturated carbocycles. The van der Waals surface area contributed by atoms with Crippen LogP contribution < -0.4 is 0 Å². The third kappa shape index (κ3) is 2.55. The minimum absolute atomic E-state index is 0.784. The van der Waals surface area contributed by atoms with Crippen molar-refractivity contribution in [2.45, 2.75) is 13.5 Å². The van der Waals surface area contributed by atoms with E-state index in [2.05, 4.69) is 35.2 Å². The molecular formula is C16H15N3. The number of pyridine rings is 1. The Morgan fingerprint density at radius 2 is 1.89 bits per heavy atom. The first kappa shape index (κ1) is 11.7. The lowest BCUT2D eigenvalue weighted by Gasteiger charge is -2.02. The molecule has 0 aliphatic carbocycles. The standard InChI is InChI=1S/C16H15N3/c1-13-6-5-9-17-16(13)15-10-18-19(12-15)11-14-7-3-2-4-8-14/h2-10,12H,11H2,1H3. The largest absolute Gasteiger partial charge is 0.268 e. The fourth-order valence-electron chi connectivity index (χ4n) is 2.13. The van der Waals surface area contributed by atoms with Gasteiger partial charge in [0.05, 0.1) is 18.4 Å². The van der Waals surface area contributed by atoms with Crippen molar-refractivity contribution >= 4 is 0 Å². The Morgan fingerprint density at radius 3 is 2.68 bits per heavy atom. The van der Waals surface area contributed by atoms with E-state index in [0.29, 0.717) is 0 Å². The van der Waals surface area contributed by atoms with E-state index in [0.717, 1.165) is 17.8 Å². The van der Waals surface area contributed by atoms with Crippen LogP contribution in [-0.2, 0) is 6.54 Å². The summed E-state index contributed by atoms with van der Waals surface area (Å²) in [7, 11) is 0. The molecule has 0 radical (unpaired) electrons. The van der Waals surface area contributed by atoms with Crippen molar-refractivity contribution in [3.05, 3.63) is 72.2 Å². The average Bonchev–Trinajstić information content (AvgIpc) is 2.89. The summed E-state index contributed by atoms with van der Waals surface area (Å²) in [5.41, 5.74) is 4.48. The van der Waals surface area contributed by atoms with Gasteiger partial charge in [-0.3, -0.25) is 9.67 Å². The van der Waals surface area contributed by atoms with Crippen LogP contribution in [0.15, 0.2) is 61.1 Å². The molecule has 19 heavy (non-hydrogen) atoms. The number of aromatic nitrogens is 3. The second-order valence-corrected chi connectivity index (χ2v) is 4.58. The lowest BCUT2D eigenvalue weighted by molar-refractivity contribution is 0.687. The van der Waals surface area contributed by atoms with E-state index in [9.17, 15) is 0 Å². The zero-order valence-corrected chi connectivity index (χ0v) is 10.8. The molecule has 3 aromatic rings. The molecule has 0 saturated heterocycles. The first-order valence-electron chi connectivity index (χ1n) is 6.31. The fraction of sp³-hybridized carbons (Fsp3) is 0.125. The highest BCUT2D eigenvalue weighted by Crippen LogP contribution is 2.19. The molecule has 0 aliphatic heterocycles. The van der Waals surface area contributed by atoms with E-state index >= 15 is 0 Å². The highest BCUT2D eigenvalue weighted by atomic mass is 15.3. The zero-order chi connectivity index (χ0) is 13.1. The van der Waals surface area contributed by atoms with Gasteiger partial charge in [-0.1, -0.05) is 36.4 Å². The summed E-state index contributed by atoms with van der Waals surface area (Å²) >= 11 is 0. The molecule has 0 aliphatic rings. The number of benzene rings is 1. The zero-order valence-electron chi connectivity index (χ0n) is 10.8. The Morgan fingerprint density at radius 1 is 1.05 bits per heavy atom. The number of hydrogen-bond acceptors (Lipinski definition) is 2. The third-order valence-corrected chi connectivity index (χ3v) is 3.10. The van der Waals surface area contributed by atoms with E-state index in [-0.39, 0.29) is 0 Å². The molecule has 0 bridgehead atoms. The molecule has 2 aromatic heterocycles. The molecule has 0 spiro atoms. The van der Waals surface area contributed by atoms with Gasteiger partial charge in [-0.25, -0.2) is 0 Å². The molecule has 1 aromatic carbocycles. The maximum absolute atomic E-state index is 4.42. The second kappa shape index (κ2) is 5.06. The highest BCUT2D eigenvalue weighted by Gasteiger charge is 2.05. The Labute approximate surface area is 112 Å². The summed E-state index contributed by atoms with van der Waals surface area (Å²) in [4.78, 5) is 4.42. The average molecular weight is 249 g/mol. The molecule has 3 heteroatoms. The van der Waals surface area contributed by atoms with Gasteiger partial charge < -0.3 is 0 Å². The van der Waals surface area contributed by atoms with E-state index < -0.39 is 0 Å². The smallest absolute Gasteiger partial charge is 0.0762 e. The lowest BCUT2D eigenvalue weighted by atomic mass is 10.1. The molecule has 94 valence electrons. The van der Waals surface area contributed by atoms with E-state index in [1.807, 2.05) is 47.5 Å². The van der Waals surface area contributed by atoms with Crippen LogP contribution in [0.1, 0.15) is 11.1 Å². The molecule has 2 heterocycles. The minimum atomic E-state index is 0.784. The van der Waals surface area contributed by atoms with Crippen molar-refractivity contribution in [2.24, 2.45) is 0 Å². The Balaban J connectivity index is 1.86. The van der Waals surface area contributed by atoms with Gasteiger partial charge in [0.1, 0.15) is 0 Å². The highest BCUT2D eigenvalue weighted by molar-refractivity contribution is 5.60. The van der Waals surface area contributed by atoms with Crippen LogP contribution in [0.4, 0.5) is 0 Å². The Kier molecular flexibility index (Phi) is 3.11. The molecule has 0 atom stereocenters. The summed E-state index contributed by atoms with van der Waals surface area (Å²) in [5.74, 6) is 0. The van der Waals surface area contributed by atoms with Gasteiger partial charge >= 0.3 is 0 Å².